The van der Waals surface area contributed by atoms with E-state index in [4.69, 9.17) is 16.1 Å². The molecule has 1 atom stereocenters. The van der Waals surface area contributed by atoms with E-state index >= 15 is 0 Å². The minimum Gasteiger partial charge on any atom is -0.314 e. The normalized spacial score (nSPS) is 14.3. The monoisotopic (exact) mass is 344 g/mol. The molecule has 0 bridgehead atoms. The summed E-state index contributed by atoms with van der Waals surface area (Å²) >= 11 is 8.01. The van der Waals surface area contributed by atoms with Gasteiger partial charge < -0.3 is 4.52 Å². The third-order valence-electron chi connectivity index (χ3n) is 1.83. The highest BCUT2D eigenvalue weighted by atomic mass is 35.5. The molecule has 9 heteroatoms. The molecule has 1 heterocycles. The first-order valence-electron chi connectivity index (χ1n) is 5.71. The second-order valence-electron chi connectivity index (χ2n) is 3.42. The fourth-order valence-corrected chi connectivity index (χ4v) is 7.91. The standard InChI is InChI=1S/C10H15ClFN2O2PS2/c1-3-5-18-17(15,16-4-2)19-7-8-6-9(12)14-10(11)13-8/h6H,3-5,7H2,1-2H3. The summed E-state index contributed by atoms with van der Waals surface area (Å²) in [5.41, 5.74) is 0.402. The van der Waals surface area contributed by atoms with Crippen molar-refractivity contribution in [2.45, 2.75) is 26.0 Å². The summed E-state index contributed by atoms with van der Waals surface area (Å²) in [5, 5.41) is -0.150. The molecule has 0 saturated heterocycles. The van der Waals surface area contributed by atoms with E-state index in [2.05, 4.69) is 9.97 Å². The SMILES string of the molecule is CCCSP(=O)(OCC)SCc1cc(F)nc(Cl)n1. The Labute approximate surface area is 125 Å². The summed E-state index contributed by atoms with van der Waals surface area (Å²) in [5.74, 6) is -2.49. The number of nitrogens with zero attached hydrogens (tertiary/aromatic N) is 2. The highest BCUT2D eigenvalue weighted by Gasteiger charge is 2.24. The maximum atomic E-state index is 13.0. The minimum atomic E-state index is -2.82. The number of hydrogen-bond acceptors (Lipinski definition) is 6. The third kappa shape index (κ3) is 6.45. The third-order valence-corrected chi connectivity index (χ3v) is 9.59. The lowest BCUT2D eigenvalue weighted by molar-refractivity contribution is 0.357. The van der Waals surface area contributed by atoms with Crippen molar-refractivity contribution < 1.29 is 13.5 Å². The van der Waals surface area contributed by atoms with E-state index in [1.807, 2.05) is 6.92 Å². The smallest absolute Gasteiger partial charge is 0.313 e. The maximum Gasteiger partial charge on any atom is 0.313 e. The van der Waals surface area contributed by atoms with Crippen molar-refractivity contribution in [3.8, 4) is 0 Å². The molecule has 0 aliphatic rings. The van der Waals surface area contributed by atoms with Gasteiger partial charge in [-0.2, -0.15) is 9.37 Å². The summed E-state index contributed by atoms with van der Waals surface area (Å²) < 4.78 is 30.8. The van der Waals surface area contributed by atoms with Gasteiger partial charge in [0, 0.05) is 17.6 Å². The van der Waals surface area contributed by atoms with Crippen molar-refractivity contribution in [1.82, 2.24) is 9.97 Å². The van der Waals surface area contributed by atoms with Crippen molar-refractivity contribution >= 4 is 40.1 Å². The summed E-state index contributed by atoms with van der Waals surface area (Å²) in [7, 11) is 0. The number of aromatic nitrogens is 2. The molecule has 0 aliphatic heterocycles. The molecule has 1 aromatic rings. The Balaban J connectivity index is 2.67. The van der Waals surface area contributed by atoms with Crippen LogP contribution in [0.5, 0.6) is 0 Å². The highest BCUT2D eigenvalue weighted by molar-refractivity contribution is 8.89. The van der Waals surface area contributed by atoms with Gasteiger partial charge in [-0.1, -0.05) is 29.7 Å². The summed E-state index contributed by atoms with van der Waals surface area (Å²) in [6.07, 6.45) is 0.913. The summed E-state index contributed by atoms with van der Waals surface area (Å²) in [6.45, 7) is 4.17. The van der Waals surface area contributed by atoms with Crippen molar-refractivity contribution in [2.75, 3.05) is 12.4 Å². The van der Waals surface area contributed by atoms with Gasteiger partial charge in [0.2, 0.25) is 11.2 Å². The molecule has 0 aliphatic carbocycles. The molecule has 1 rings (SSSR count). The van der Waals surface area contributed by atoms with Gasteiger partial charge in [0.25, 0.3) is 0 Å². The van der Waals surface area contributed by atoms with Gasteiger partial charge in [0.15, 0.2) is 0 Å². The second-order valence-corrected chi connectivity index (χ2v) is 11.3. The Bertz CT molecular complexity index is 447. The van der Waals surface area contributed by atoms with Crippen LogP contribution in [0.1, 0.15) is 26.0 Å². The Kier molecular flexibility index (Phi) is 7.69. The number of rotatable bonds is 8. The molecule has 0 fully saturated rings. The zero-order chi connectivity index (χ0) is 14.3. The van der Waals surface area contributed by atoms with E-state index in [1.165, 1.54) is 17.4 Å². The van der Waals surface area contributed by atoms with Gasteiger partial charge in [-0.25, -0.2) is 4.98 Å². The lowest BCUT2D eigenvalue weighted by Crippen LogP contribution is -1.94. The largest absolute Gasteiger partial charge is 0.314 e. The van der Waals surface area contributed by atoms with Crippen molar-refractivity contribution in [3.05, 3.63) is 23.0 Å². The Morgan fingerprint density at radius 1 is 1.42 bits per heavy atom. The average molecular weight is 345 g/mol. The lowest BCUT2D eigenvalue weighted by Gasteiger charge is -2.15. The predicted octanol–water partition coefficient (Wildman–Crippen LogP) is 4.79. The fourth-order valence-electron chi connectivity index (χ4n) is 1.13. The molecule has 0 radical (unpaired) electrons. The summed E-state index contributed by atoms with van der Waals surface area (Å²) in [6, 6.07) is 1.18. The number of halogens is 2. The van der Waals surface area contributed by atoms with Crippen LogP contribution in [0, 0.1) is 5.95 Å². The first-order valence-corrected chi connectivity index (χ1v) is 10.9. The van der Waals surface area contributed by atoms with Crippen LogP contribution in [0.15, 0.2) is 6.07 Å². The van der Waals surface area contributed by atoms with Crippen LogP contribution in [0.4, 0.5) is 4.39 Å². The molecule has 4 nitrogen and oxygen atoms in total. The van der Waals surface area contributed by atoms with Gasteiger partial charge in [-0.3, -0.25) is 4.57 Å². The van der Waals surface area contributed by atoms with Crippen LogP contribution < -0.4 is 0 Å². The lowest BCUT2D eigenvalue weighted by atomic mass is 10.4. The van der Waals surface area contributed by atoms with Gasteiger partial charge in [0.1, 0.15) is 0 Å². The van der Waals surface area contributed by atoms with Crippen molar-refractivity contribution in [3.63, 3.8) is 0 Å². The van der Waals surface area contributed by atoms with E-state index in [-0.39, 0.29) is 11.0 Å². The molecule has 0 saturated carbocycles. The second kappa shape index (κ2) is 8.47. The predicted molar refractivity (Wildman–Crippen MR) is 80.3 cm³/mol. The quantitative estimate of drug-likeness (QED) is 0.384. The zero-order valence-electron chi connectivity index (χ0n) is 10.6. The van der Waals surface area contributed by atoms with E-state index < -0.39 is 11.7 Å². The first-order chi connectivity index (χ1) is 8.99. The fraction of sp³-hybridized carbons (Fsp3) is 0.600. The zero-order valence-corrected chi connectivity index (χ0v) is 13.9. The van der Waals surface area contributed by atoms with Crippen LogP contribution >= 0.6 is 40.1 Å². The van der Waals surface area contributed by atoms with Gasteiger partial charge in [0.05, 0.1) is 12.3 Å². The van der Waals surface area contributed by atoms with Crippen LogP contribution in [-0.4, -0.2) is 22.3 Å². The van der Waals surface area contributed by atoms with Gasteiger partial charge in [-0.05, 0) is 24.9 Å². The first kappa shape index (κ1) is 17.2. The highest BCUT2D eigenvalue weighted by Crippen LogP contribution is 2.70. The molecule has 0 spiro atoms. The van der Waals surface area contributed by atoms with Crippen LogP contribution in [0.2, 0.25) is 5.28 Å². The minimum absolute atomic E-state index is 0.150. The van der Waals surface area contributed by atoms with Crippen molar-refractivity contribution in [1.29, 1.82) is 0 Å². The van der Waals surface area contributed by atoms with Crippen LogP contribution in [0.3, 0.4) is 0 Å². The van der Waals surface area contributed by atoms with E-state index in [9.17, 15) is 8.96 Å². The molecule has 0 amide bonds. The molecule has 0 aromatic carbocycles. The molecule has 108 valence electrons. The Morgan fingerprint density at radius 3 is 2.74 bits per heavy atom. The van der Waals surface area contributed by atoms with E-state index in [1.54, 1.807) is 6.92 Å². The van der Waals surface area contributed by atoms with Crippen molar-refractivity contribution in [2.24, 2.45) is 0 Å². The van der Waals surface area contributed by atoms with E-state index in [0.717, 1.165) is 23.6 Å². The summed E-state index contributed by atoms with van der Waals surface area (Å²) in [4.78, 5) is 7.22. The number of hydrogen-bond donors (Lipinski definition) is 0. The molecule has 0 N–H and O–H groups in total. The van der Waals surface area contributed by atoms with Gasteiger partial charge in [-0.15, -0.1) is 0 Å². The maximum absolute atomic E-state index is 13.0. The Hall–Kier alpha value is 0.190. The van der Waals surface area contributed by atoms with Gasteiger partial charge >= 0.3 is 5.77 Å². The van der Waals surface area contributed by atoms with Crippen LogP contribution in [0.25, 0.3) is 0 Å². The topological polar surface area (TPSA) is 52.1 Å². The average Bonchev–Trinajstić information content (AvgIpc) is 2.34. The Morgan fingerprint density at radius 2 is 2.16 bits per heavy atom. The molecular formula is C10H15ClFN2O2PS2. The van der Waals surface area contributed by atoms with Crippen LogP contribution in [-0.2, 0) is 14.8 Å². The van der Waals surface area contributed by atoms with E-state index in [0.29, 0.717) is 12.3 Å². The molecular weight excluding hydrogens is 330 g/mol. The molecule has 1 aromatic heterocycles. The molecule has 1 unspecified atom stereocenters. The molecule has 19 heavy (non-hydrogen) atoms.